The van der Waals surface area contributed by atoms with Gasteiger partial charge >= 0.3 is 0 Å². The van der Waals surface area contributed by atoms with Crippen molar-refractivity contribution in [1.29, 1.82) is 0 Å². The van der Waals surface area contributed by atoms with Crippen LogP contribution in [0.25, 0.3) is 0 Å². The van der Waals surface area contributed by atoms with Gasteiger partial charge in [-0.1, -0.05) is 12.1 Å². The molecule has 0 amide bonds. The third kappa shape index (κ3) is 4.42. The Morgan fingerprint density at radius 3 is 2.74 bits per heavy atom. The molecule has 5 heteroatoms. The summed E-state index contributed by atoms with van der Waals surface area (Å²) in [6, 6.07) is 8.15. The fraction of sp³-hybridized carbons (Fsp3) is 0.444. The van der Waals surface area contributed by atoms with E-state index in [4.69, 9.17) is 4.74 Å². The Kier molecular flexibility index (Phi) is 5.08. The summed E-state index contributed by atoms with van der Waals surface area (Å²) in [6.45, 7) is 2.14. The maximum Gasteiger partial charge on any atom is 0.232 e. The van der Waals surface area contributed by atoms with E-state index in [1.807, 2.05) is 18.2 Å². The Morgan fingerprint density at radius 2 is 2.04 bits per heavy atom. The van der Waals surface area contributed by atoms with Crippen LogP contribution in [0.4, 0.5) is 0 Å². The molecule has 3 rings (SSSR count). The van der Waals surface area contributed by atoms with Crippen molar-refractivity contribution in [2.45, 2.75) is 50.8 Å². The summed E-state index contributed by atoms with van der Waals surface area (Å²) in [7, 11) is 0. The predicted molar refractivity (Wildman–Crippen MR) is 88.4 cm³/mol. The van der Waals surface area contributed by atoms with Crippen LogP contribution in [0.15, 0.2) is 42.9 Å². The van der Waals surface area contributed by atoms with E-state index >= 15 is 0 Å². The van der Waals surface area contributed by atoms with E-state index < -0.39 is 0 Å². The molecule has 0 unspecified atom stereocenters. The van der Waals surface area contributed by atoms with E-state index in [2.05, 4.69) is 22.2 Å². The number of benzene rings is 1. The second-order valence-electron chi connectivity index (χ2n) is 6.12. The molecule has 23 heavy (non-hydrogen) atoms. The number of hydrogen-bond donors (Lipinski definition) is 2. The third-order valence-corrected chi connectivity index (χ3v) is 4.36. The molecule has 1 saturated carbocycles. The molecule has 5 nitrogen and oxygen atoms in total. The second-order valence-corrected chi connectivity index (χ2v) is 6.12. The van der Waals surface area contributed by atoms with Gasteiger partial charge in [0.15, 0.2) is 0 Å². The summed E-state index contributed by atoms with van der Waals surface area (Å²) in [6.07, 6.45) is 9.37. The zero-order chi connectivity index (χ0) is 16.1. The maximum atomic E-state index is 9.59. The van der Waals surface area contributed by atoms with Crippen LogP contribution in [0, 0.1) is 0 Å². The quantitative estimate of drug-likeness (QED) is 0.887. The van der Waals surface area contributed by atoms with Crippen LogP contribution in [0.5, 0.6) is 11.6 Å². The summed E-state index contributed by atoms with van der Waals surface area (Å²) >= 11 is 0. The van der Waals surface area contributed by atoms with Crippen LogP contribution in [-0.2, 0) is 0 Å². The van der Waals surface area contributed by atoms with Crippen molar-refractivity contribution >= 4 is 0 Å². The van der Waals surface area contributed by atoms with Gasteiger partial charge in [0.05, 0.1) is 6.20 Å². The van der Waals surface area contributed by atoms with E-state index in [9.17, 15) is 5.11 Å². The lowest BCUT2D eigenvalue weighted by Gasteiger charge is -2.31. The number of aromatic nitrogens is 2. The third-order valence-electron chi connectivity index (χ3n) is 4.36. The average molecular weight is 313 g/mol. The Balaban J connectivity index is 1.47. The van der Waals surface area contributed by atoms with Crippen LogP contribution >= 0.6 is 0 Å². The largest absolute Gasteiger partial charge is 0.508 e. The summed E-state index contributed by atoms with van der Waals surface area (Å²) in [5.74, 6) is 0.925. The highest BCUT2D eigenvalue weighted by atomic mass is 16.5. The lowest BCUT2D eigenvalue weighted by Crippen LogP contribution is -2.37. The van der Waals surface area contributed by atoms with Crippen LogP contribution in [0.3, 0.4) is 0 Å². The van der Waals surface area contributed by atoms with Crippen molar-refractivity contribution < 1.29 is 9.84 Å². The monoisotopic (exact) mass is 313 g/mol. The molecule has 1 heterocycles. The van der Waals surface area contributed by atoms with Gasteiger partial charge in [0, 0.05) is 24.5 Å². The number of nitrogens with zero attached hydrogens (tertiary/aromatic N) is 2. The van der Waals surface area contributed by atoms with Crippen molar-refractivity contribution in [2.75, 3.05) is 0 Å². The molecular formula is C18H23N3O2. The smallest absolute Gasteiger partial charge is 0.232 e. The fourth-order valence-electron chi connectivity index (χ4n) is 3.11. The molecule has 0 radical (unpaired) electrons. The molecule has 1 fully saturated rings. The first-order valence-electron chi connectivity index (χ1n) is 8.18. The standard InChI is InChI=1S/C18H23N3O2/c1-13(14-3-2-4-16(22)11-14)21-15-5-7-17(8-6-15)23-18-12-19-9-10-20-18/h2-4,9-13,15,17,21-22H,5-8H2,1H3/t13-,15?,17?/m1/s1. The van der Waals surface area contributed by atoms with Gasteiger partial charge < -0.3 is 15.2 Å². The highest BCUT2D eigenvalue weighted by Crippen LogP contribution is 2.25. The summed E-state index contributed by atoms with van der Waals surface area (Å²) in [4.78, 5) is 8.19. The molecule has 0 aliphatic heterocycles. The van der Waals surface area contributed by atoms with Crippen LogP contribution in [0.1, 0.15) is 44.2 Å². The molecule has 122 valence electrons. The zero-order valence-electron chi connectivity index (χ0n) is 13.4. The Hall–Kier alpha value is -2.14. The van der Waals surface area contributed by atoms with E-state index in [1.165, 1.54) is 0 Å². The van der Waals surface area contributed by atoms with Crippen molar-refractivity contribution in [2.24, 2.45) is 0 Å². The number of phenolic OH excluding ortho intramolecular Hbond substituents is 1. The van der Waals surface area contributed by atoms with Crippen LogP contribution in [-0.4, -0.2) is 27.2 Å². The number of phenols is 1. The summed E-state index contributed by atoms with van der Waals surface area (Å²) < 4.78 is 5.87. The normalized spacial score (nSPS) is 22.5. The molecule has 0 spiro atoms. The van der Waals surface area contributed by atoms with E-state index in [-0.39, 0.29) is 12.1 Å². The summed E-state index contributed by atoms with van der Waals surface area (Å²) in [5.41, 5.74) is 1.11. The molecule has 1 aliphatic rings. The topological polar surface area (TPSA) is 67.3 Å². The lowest BCUT2D eigenvalue weighted by molar-refractivity contribution is 0.131. The lowest BCUT2D eigenvalue weighted by atomic mass is 9.92. The fourth-order valence-corrected chi connectivity index (χ4v) is 3.11. The minimum atomic E-state index is 0.223. The number of aromatic hydroxyl groups is 1. The highest BCUT2D eigenvalue weighted by Gasteiger charge is 2.24. The van der Waals surface area contributed by atoms with Gasteiger partial charge in [0.1, 0.15) is 11.9 Å². The SMILES string of the molecule is C[C@@H](NC1CCC(Oc2cnccn2)CC1)c1cccc(O)c1. The number of hydrogen-bond acceptors (Lipinski definition) is 5. The first-order chi connectivity index (χ1) is 11.2. The van der Waals surface area contributed by atoms with E-state index in [0.29, 0.717) is 17.7 Å². The molecular weight excluding hydrogens is 290 g/mol. The van der Waals surface area contributed by atoms with Gasteiger partial charge in [-0.15, -0.1) is 0 Å². The molecule has 2 N–H and O–H groups in total. The van der Waals surface area contributed by atoms with Gasteiger partial charge in [-0.25, -0.2) is 4.98 Å². The minimum Gasteiger partial charge on any atom is -0.508 e. The molecule has 2 aromatic rings. The van der Waals surface area contributed by atoms with Gasteiger partial charge in [-0.3, -0.25) is 4.98 Å². The van der Waals surface area contributed by atoms with Crippen LogP contribution in [0.2, 0.25) is 0 Å². The van der Waals surface area contributed by atoms with Gasteiger partial charge in [0.2, 0.25) is 5.88 Å². The second kappa shape index (κ2) is 7.42. The van der Waals surface area contributed by atoms with Crippen molar-refractivity contribution in [1.82, 2.24) is 15.3 Å². The number of ether oxygens (including phenoxy) is 1. The number of nitrogens with one attached hydrogen (secondary N) is 1. The Bertz CT molecular complexity index is 613. The first-order valence-corrected chi connectivity index (χ1v) is 8.18. The van der Waals surface area contributed by atoms with Crippen molar-refractivity contribution in [3.05, 3.63) is 48.4 Å². The van der Waals surface area contributed by atoms with Gasteiger partial charge in [-0.2, -0.15) is 0 Å². The Labute approximate surface area is 136 Å². The highest BCUT2D eigenvalue weighted by molar-refractivity contribution is 5.29. The molecule has 1 aromatic carbocycles. The van der Waals surface area contributed by atoms with Gasteiger partial charge in [0.25, 0.3) is 0 Å². The van der Waals surface area contributed by atoms with Crippen LogP contribution < -0.4 is 10.1 Å². The molecule has 0 bridgehead atoms. The molecule has 1 aliphatic carbocycles. The number of rotatable bonds is 5. The molecule has 1 atom stereocenters. The maximum absolute atomic E-state index is 9.59. The van der Waals surface area contributed by atoms with E-state index in [1.54, 1.807) is 24.7 Å². The molecule has 0 saturated heterocycles. The Morgan fingerprint density at radius 1 is 1.22 bits per heavy atom. The molecule has 1 aromatic heterocycles. The average Bonchev–Trinajstić information content (AvgIpc) is 2.57. The van der Waals surface area contributed by atoms with Crippen molar-refractivity contribution in [3.63, 3.8) is 0 Å². The van der Waals surface area contributed by atoms with Crippen molar-refractivity contribution in [3.8, 4) is 11.6 Å². The summed E-state index contributed by atoms with van der Waals surface area (Å²) in [5, 5.41) is 13.2. The predicted octanol–water partition coefficient (Wildman–Crippen LogP) is 3.22. The van der Waals surface area contributed by atoms with E-state index in [0.717, 1.165) is 31.2 Å². The van der Waals surface area contributed by atoms with Gasteiger partial charge in [-0.05, 0) is 50.3 Å². The zero-order valence-corrected chi connectivity index (χ0v) is 13.4. The first kappa shape index (κ1) is 15.7. The minimum absolute atomic E-state index is 0.223.